The molecule has 1 aliphatic rings. The maximum atomic E-state index is 11.9. The zero-order valence-electron chi connectivity index (χ0n) is 10.8. The van der Waals surface area contributed by atoms with Crippen LogP contribution in [0.2, 0.25) is 0 Å². The van der Waals surface area contributed by atoms with Gasteiger partial charge in [-0.15, -0.1) is 11.3 Å². The molecule has 1 fully saturated rings. The molecule has 1 aromatic rings. The van der Waals surface area contributed by atoms with Crippen molar-refractivity contribution in [3.8, 4) is 0 Å². The van der Waals surface area contributed by atoms with Gasteiger partial charge in [-0.2, -0.15) is 0 Å². The van der Waals surface area contributed by atoms with E-state index in [0.717, 1.165) is 12.8 Å². The Labute approximate surface area is 113 Å². The average Bonchev–Trinajstić information content (AvgIpc) is 2.91. The lowest BCUT2D eigenvalue weighted by Crippen LogP contribution is -2.35. The van der Waals surface area contributed by atoms with Gasteiger partial charge in [0.25, 0.3) is 0 Å². The summed E-state index contributed by atoms with van der Waals surface area (Å²) >= 11 is 1.66. The van der Waals surface area contributed by atoms with Crippen LogP contribution in [0.3, 0.4) is 0 Å². The summed E-state index contributed by atoms with van der Waals surface area (Å²) < 4.78 is 26.4. The van der Waals surface area contributed by atoms with E-state index in [0.29, 0.717) is 12.5 Å². The second kappa shape index (κ2) is 5.69. The predicted molar refractivity (Wildman–Crippen MR) is 75.3 cm³/mol. The summed E-state index contributed by atoms with van der Waals surface area (Å²) in [4.78, 5) is 3.24. The van der Waals surface area contributed by atoms with Crippen LogP contribution in [0.5, 0.6) is 0 Å². The summed E-state index contributed by atoms with van der Waals surface area (Å²) in [6.07, 6.45) is 2.12. The molecule has 0 unspecified atom stereocenters. The third-order valence-corrected chi connectivity index (χ3v) is 5.63. The largest absolute Gasteiger partial charge is 0.300 e. The van der Waals surface area contributed by atoms with Crippen LogP contribution in [0.1, 0.15) is 23.8 Å². The number of hydrogen-bond acceptors (Lipinski definition) is 4. The summed E-state index contributed by atoms with van der Waals surface area (Å²) in [7, 11) is 0.834. The summed E-state index contributed by atoms with van der Waals surface area (Å²) in [6.45, 7) is 0.447. The minimum atomic E-state index is -3.11. The number of hydrogen-bond donors (Lipinski definition) is 1. The molecule has 0 saturated heterocycles. The highest BCUT2D eigenvalue weighted by Gasteiger charge is 2.28. The lowest BCUT2D eigenvalue weighted by Gasteiger charge is -2.23. The predicted octanol–water partition coefficient (Wildman–Crippen LogP) is 1.68. The first-order valence-electron chi connectivity index (χ1n) is 6.15. The quantitative estimate of drug-likeness (QED) is 0.830. The molecule has 1 heterocycles. The van der Waals surface area contributed by atoms with E-state index in [1.165, 1.54) is 4.88 Å². The number of likely N-dealkylation sites (N-methyl/N-ethyl adjacent to an activating group) is 1. The van der Waals surface area contributed by atoms with E-state index in [9.17, 15) is 8.42 Å². The van der Waals surface area contributed by atoms with Crippen molar-refractivity contribution < 1.29 is 8.42 Å². The smallest absolute Gasteiger partial charge is 0.211 e. The molecular weight excluding hydrogens is 268 g/mol. The highest BCUT2D eigenvalue weighted by atomic mass is 32.2. The maximum Gasteiger partial charge on any atom is 0.211 e. The van der Waals surface area contributed by atoms with Crippen LogP contribution in [0.15, 0.2) is 17.5 Å². The SMILES string of the molecule is CN(C)[C@@H](CNS(=O)(=O)CC1CC1)c1cccs1. The number of sulfonamides is 1. The van der Waals surface area contributed by atoms with Crippen molar-refractivity contribution >= 4 is 21.4 Å². The second-order valence-electron chi connectivity index (χ2n) is 5.07. The molecule has 0 bridgehead atoms. The number of thiophene rings is 1. The van der Waals surface area contributed by atoms with Gasteiger partial charge in [0, 0.05) is 11.4 Å². The van der Waals surface area contributed by atoms with Crippen LogP contribution in [0.4, 0.5) is 0 Å². The van der Waals surface area contributed by atoms with Crippen LogP contribution < -0.4 is 4.72 Å². The van der Waals surface area contributed by atoms with Gasteiger partial charge in [-0.25, -0.2) is 13.1 Å². The van der Waals surface area contributed by atoms with Crippen molar-refractivity contribution in [2.24, 2.45) is 5.92 Å². The summed E-state index contributed by atoms with van der Waals surface area (Å²) in [6, 6.07) is 4.15. The molecule has 0 aromatic carbocycles. The summed E-state index contributed by atoms with van der Waals surface area (Å²) in [5.74, 6) is 0.680. The van der Waals surface area contributed by atoms with Crippen molar-refractivity contribution in [3.05, 3.63) is 22.4 Å². The standard InChI is InChI=1S/C12H20N2O2S2/c1-14(2)11(12-4-3-7-17-12)8-13-18(15,16)9-10-5-6-10/h3-4,7,10-11,13H,5-6,8-9H2,1-2H3/t11-/m0/s1. The van der Waals surface area contributed by atoms with Gasteiger partial charge in [0.15, 0.2) is 0 Å². The topological polar surface area (TPSA) is 49.4 Å². The zero-order valence-corrected chi connectivity index (χ0v) is 12.4. The molecule has 4 nitrogen and oxygen atoms in total. The molecule has 18 heavy (non-hydrogen) atoms. The monoisotopic (exact) mass is 288 g/mol. The van der Waals surface area contributed by atoms with E-state index in [-0.39, 0.29) is 11.8 Å². The van der Waals surface area contributed by atoms with E-state index < -0.39 is 10.0 Å². The Morgan fingerprint density at radius 3 is 2.72 bits per heavy atom. The first kappa shape index (κ1) is 14.0. The van der Waals surface area contributed by atoms with Gasteiger partial charge in [0.05, 0.1) is 11.8 Å². The van der Waals surface area contributed by atoms with Gasteiger partial charge in [0.2, 0.25) is 10.0 Å². The van der Waals surface area contributed by atoms with Crippen LogP contribution in [-0.4, -0.2) is 39.7 Å². The van der Waals surface area contributed by atoms with Crippen molar-refractivity contribution in [1.29, 1.82) is 0 Å². The van der Waals surface area contributed by atoms with E-state index in [4.69, 9.17) is 0 Å². The first-order valence-corrected chi connectivity index (χ1v) is 8.68. The lowest BCUT2D eigenvalue weighted by molar-refractivity contribution is 0.303. The Kier molecular flexibility index (Phi) is 4.42. The third kappa shape index (κ3) is 4.05. The van der Waals surface area contributed by atoms with Crippen LogP contribution in [-0.2, 0) is 10.0 Å². The molecule has 0 amide bonds. The third-order valence-electron chi connectivity index (χ3n) is 3.14. The molecule has 6 heteroatoms. The van der Waals surface area contributed by atoms with Crippen molar-refractivity contribution in [2.75, 3.05) is 26.4 Å². The van der Waals surface area contributed by atoms with Crippen molar-refractivity contribution in [3.63, 3.8) is 0 Å². The minimum absolute atomic E-state index is 0.110. The molecule has 102 valence electrons. The van der Waals surface area contributed by atoms with Crippen LogP contribution in [0, 0.1) is 5.92 Å². The van der Waals surface area contributed by atoms with Crippen molar-refractivity contribution in [1.82, 2.24) is 9.62 Å². The highest BCUT2D eigenvalue weighted by Crippen LogP contribution is 2.30. The van der Waals surface area contributed by atoms with E-state index in [2.05, 4.69) is 4.72 Å². The Bertz CT molecular complexity index is 464. The number of nitrogens with zero attached hydrogens (tertiary/aromatic N) is 1. The molecule has 0 aliphatic heterocycles. The van der Waals surface area contributed by atoms with E-state index in [1.54, 1.807) is 11.3 Å². The Morgan fingerprint density at radius 1 is 1.50 bits per heavy atom. The Hall–Kier alpha value is -0.430. The fourth-order valence-corrected chi connectivity index (χ4v) is 4.28. The molecule has 1 N–H and O–H groups in total. The second-order valence-corrected chi connectivity index (χ2v) is 7.90. The lowest BCUT2D eigenvalue weighted by atomic mass is 10.2. The maximum absolute atomic E-state index is 11.9. The number of nitrogens with one attached hydrogen (secondary N) is 1. The Morgan fingerprint density at radius 2 is 2.22 bits per heavy atom. The highest BCUT2D eigenvalue weighted by molar-refractivity contribution is 7.89. The van der Waals surface area contributed by atoms with Gasteiger partial charge < -0.3 is 4.90 Å². The van der Waals surface area contributed by atoms with E-state index in [1.807, 2.05) is 36.5 Å². The van der Waals surface area contributed by atoms with E-state index >= 15 is 0 Å². The fourth-order valence-electron chi connectivity index (χ4n) is 1.88. The fraction of sp³-hybridized carbons (Fsp3) is 0.667. The molecule has 2 rings (SSSR count). The summed E-state index contributed by atoms with van der Waals surface area (Å²) in [5, 5.41) is 2.02. The van der Waals surface area contributed by atoms with Gasteiger partial charge >= 0.3 is 0 Å². The van der Waals surface area contributed by atoms with Crippen LogP contribution >= 0.6 is 11.3 Å². The van der Waals surface area contributed by atoms with Crippen molar-refractivity contribution in [2.45, 2.75) is 18.9 Å². The molecule has 0 spiro atoms. The molecule has 1 saturated carbocycles. The molecule has 1 atom stereocenters. The van der Waals surface area contributed by atoms with Gasteiger partial charge in [0.1, 0.15) is 0 Å². The normalized spacial score (nSPS) is 18.2. The average molecular weight is 288 g/mol. The van der Waals surface area contributed by atoms with Gasteiger partial charge in [-0.1, -0.05) is 6.07 Å². The Balaban J connectivity index is 1.93. The molecule has 0 radical (unpaired) electrons. The first-order chi connectivity index (χ1) is 8.48. The molecular formula is C12H20N2O2S2. The molecule has 1 aromatic heterocycles. The minimum Gasteiger partial charge on any atom is -0.300 e. The van der Waals surface area contributed by atoms with Gasteiger partial charge in [-0.05, 0) is 44.3 Å². The van der Waals surface area contributed by atoms with Crippen LogP contribution in [0.25, 0.3) is 0 Å². The number of rotatable bonds is 7. The van der Waals surface area contributed by atoms with Gasteiger partial charge in [-0.3, -0.25) is 0 Å². The summed E-state index contributed by atoms with van der Waals surface area (Å²) in [5.41, 5.74) is 0. The molecule has 1 aliphatic carbocycles. The zero-order chi connectivity index (χ0) is 13.2.